The Kier molecular flexibility index (Phi) is 28.4. The van der Waals surface area contributed by atoms with Crippen LogP contribution < -0.4 is 10.4 Å². The van der Waals surface area contributed by atoms with Crippen LogP contribution in [0.2, 0.25) is 5.04 Å². The molecule has 10 aromatic carbocycles. The highest BCUT2D eigenvalue weighted by Crippen LogP contribution is 2.40. The van der Waals surface area contributed by atoms with E-state index >= 15 is 0 Å². The molecule has 16 nitrogen and oxygen atoms in total. The Morgan fingerprint density at radius 2 is 0.491 bits per heavy atom. The summed E-state index contributed by atoms with van der Waals surface area (Å²) in [5, 5.41) is 14.0. The molecule has 3 saturated heterocycles. The SMILES string of the molecule is CO[C@H]1O[C@H](COC2O[C@H](COC3O[C@H](CO[Si](c4ccccc4)(c4ccccc4)C(C)(C)C)[C@@H](OCc4ccccc4)[C@H](OCc4ccccc4)[C@H]3OCc3ccccc3)[C@@H](OCc3ccccc3)[C@H](OCc3ccccc3)[C@H]2OCc2ccccc2)[C@@H](OCc2ccccc2)[C@H](OCc2ccccc2)[C@H]1O. The highest BCUT2D eigenvalue weighted by atomic mass is 28.4. The molecule has 0 amide bonds. The summed E-state index contributed by atoms with van der Waals surface area (Å²) in [6, 6.07) is 101. The third-order valence-corrected chi connectivity index (χ3v) is 25.0. The average molecular weight is 1480 g/mol. The molecule has 10 aromatic rings. The van der Waals surface area contributed by atoms with Crippen LogP contribution in [-0.2, 0) is 124 Å². The van der Waals surface area contributed by atoms with Gasteiger partial charge in [0.1, 0.15) is 73.2 Å². The van der Waals surface area contributed by atoms with Crippen LogP contribution in [0.4, 0.5) is 0 Å². The van der Waals surface area contributed by atoms with E-state index in [0.29, 0.717) is 0 Å². The van der Waals surface area contributed by atoms with Crippen LogP contribution in [0, 0.1) is 0 Å². The number of hydrogen-bond acceptors (Lipinski definition) is 16. The second-order valence-corrected chi connectivity index (χ2v) is 32.9. The molecule has 13 rings (SSSR count). The highest BCUT2D eigenvalue weighted by Gasteiger charge is 2.56. The molecule has 17 heteroatoms. The second kappa shape index (κ2) is 39.4. The zero-order chi connectivity index (χ0) is 74.2. The number of benzene rings is 10. The topological polar surface area (TPSA) is 159 Å². The molecular formula is C91H100O16Si. The van der Waals surface area contributed by atoms with Gasteiger partial charge in [-0.1, -0.05) is 324 Å². The van der Waals surface area contributed by atoms with E-state index in [1.807, 2.05) is 243 Å². The number of aliphatic hydroxyl groups excluding tert-OH is 1. The van der Waals surface area contributed by atoms with E-state index in [9.17, 15) is 5.11 Å². The molecule has 3 aliphatic heterocycles. The highest BCUT2D eigenvalue weighted by molar-refractivity contribution is 6.99. The summed E-state index contributed by atoms with van der Waals surface area (Å²) in [5.74, 6) is 0. The van der Waals surface area contributed by atoms with Crippen molar-refractivity contribution >= 4 is 18.7 Å². The molecule has 3 fully saturated rings. The summed E-state index contributed by atoms with van der Waals surface area (Å²) < 4.78 is 108. The second-order valence-electron chi connectivity index (χ2n) is 28.6. The Morgan fingerprint density at radius 3 is 0.759 bits per heavy atom. The van der Waals surface area contributed by atoms with E-state index in [0.717, 1.165) is 54.9 Å². The van der Waals surface area contributed by atoms with Gasteiger partial charge in [0.25, 0.3) is 8.32 Å². The molecule has 1 N–H and O–H groups in total. The lowest BCUT2D eigenvalue weighted by atomic mass is 9.96. The Labute approximate surface area is 636 Å². The van der Waals surface area contributed by atoms with Crippen LogP contribution in [-0.4, -0.2) is 132 Å². The fraction of sp³-hybridized carbons (Fsp3) is 0.341. The Morgan fingerprint density at radius 1 is 0.269 bits per heavy atom. The van der Waals surface area contributed by atoms with Gasteiger partial charge in [0.2, 0.25) is 0 Å². The van der Waals surface area contributed by atoms with Crippen molar-refractivity contribution in [1.29, 1.82) is 0 Å². The van der Waals surface area contributed by atoms with Crippen molar-refractivity contribution in [2.45, 2.75) is 171 Å². The predicted molar refractivity (Wildman–Crippen MR) is 415 cm³/mol. The summed E-state index contributed by atoms with van der Waals surface area (Å²) in [4.78, 5) is 0. The molecule has 2 unspecified atom stereocenters. The Balaban J connectivity index is 0.907. The zero-order valence-electron chi connectivity index (χ0n) is 61.9. The Hall–Kier alpha value is -8.22. The number of rotatable bonds is 36. The van der Waals surface area contributed by atoms with Crippen molar-refractivity contribution in [1.82, 2.24) is 0 Å². The van der Waals surface area contributed by atoms with Crippen LogP contribution in [0.5, 0.6) is 0 Å². The van der Waals surface area contributed by atoms with Gasteiger partial charge in [0.15, 0.2) is 18.9 Å². The average Bonchev–Trinajstić information content (AvgIpc) is 0.750. The molecule has 564 valence electrons. The first kappa shape index (κ1) is 77.9. The normalized spacial score (nSPS) is 24.6. The van der Waals surface area contributed by atoms with E-state index in [-0.39, 0.29) is 72.7 Å². The summed E-state index contributed by atoms with van der Waals surface area (Å²) >= 11 is 0. The maximum Gasteiger partial charge on any atom is 0.261 e. The monoisotopic (exact) mass is 1480 g/mol. The number of hydrogen-bond donors (Lipinski definition) is 1. The van der Waals surface area contributed by atoms with Crippen LogP contribution in [0.1, 0.15) is 65.3 Å². The van der Waals surface area contributed by atoms with Crippen LogP contribution >= 0.6 is 0 Å². The van der Waals surface area contributed by atoms with Crippen LogP contribution in [0.3, 0.4) is 0 Å². The minimum absolute atomic E-state index is 0.0656. The van der Waals surface area contributed by atoms with Gasteiger partial charge < -0.3 is 75.8 Å². The molecule has 0 aliphatic carbocycles. The van der Waals surface area contributed by atoms with Gasteiger partial charge in [-0.3, -0.25) is 0 Å². The third kappa shape index (κ3) is 20.6. The summed E-state index contributed by atoms with van der Waals surface area (Å²) in [5.41, 5.74) is 7.41. The molecule has 0 aromatic heterocycles. The van der Waals surface area contributed by atoms with Crippen LogP contribution in [0.15, 0.2) is 303 Å². The van der Waals surface area contributed by atoms with Crippen molar-refractivity contribution in [3.63, 3.8) is 0 Å². The van der Waals surface area contributed by atoms with Crippen molar-refractivity contribution in [2.75, 3.05) is 26.9 Å². The van der Waals surface area contributed by atoms with Gasteiger partial charge in [0, 0.05) is 7.11 Å². The molecule has 15 atom stereocenters. The van der Waals surface area contributed by atoms with Crippen molar-refractivity contribution < 1.29 is 75.8 Å². The Bertz CT molecular complexity index is 4110. The van der Waals surface area contributed by atoms with Gasteiger partial charge in [-0.25, -0.2) is 0 Å². The quantitative estimate of drug-likeness (QED) is 0.0369. The van der Waals surface area contributed by atoms with Crippen molar-refractivity contribution in [3.05, 3.63) is 348 Å². The lowest BCUT2D eigenvalue weighted by Gasteiger charge is -2.49. The van der Waals surface area contributed by atoms with E-state index < -0.39 is 105 Å². The van der Waals surface area contributed by atoms with Crippen LogP contribution in [0.25, 0.3) is 0 Å². The molecule has 0 bridgehead atoms. The van der Waals surface area contributed by atoms with Gasteiger partial charge in [0.05, 0.1) is 72.7 Å². The summed E-state index contributed by atoms with van der Waals surface area (Å²) in [6.07, 6.45) is -14.8. The largest absolute Gasteiger partial charge is 0.405 e. The van der Waals surface area contributed by atoms with Gasteiger partial charge >= 0.3 is 0 Å². The maximum atomic E-state index is 12.2. The molecule has 0 radical (unpaired) electrons. The maximum absolute atomic E-state index is 12.2. The lowest BCUT2D eigenvalue weighted by Crippen LogP contribution is -2.68. The minimum atomic E-state index is -3.26. The van der Waals surface area contributed by atoms with Crippen molar-refractivity contribution in [3.8, 4) is 0 Å². The van der Waals surface area contributed by atoms with E-state index in [1.165, 1.54) is 7.11 Å². The first-order valence-corrected chi connectivity index (χ1v) is 39.4. The molecule has 0 spiro atoms. The molecule has 3 heterocycles. The minimum Gasteiger partial charge on any atom is -0.405 e. The smallest absolute Gasteiger partial charge is 0.261 e. The van der Waals surface area contributed by atoms with E-state index in [2.05, 4.69) is 81.4 Å². The van der Waals surface area contributed by atoms with Gasteiger partial charge in [-0.05, 0) is 59.9 Å². The molecule has 3 aliphatic rings. The first-order valence-electron chi connectivity index (χ1n) is 37.5. The summed E-state index contributed by atoms with van der Waals surface area (Å²) in [6.45, 7) is 7.92. The van der Waals surface area contributed by atoms with E-state index in [1.54, 1.807) is 0 Å². The predicted octanol–water partition coefficient (Wildman–Crippen LogP) is 14.5. The fourth-order valence-electron chi connectivity index (χ4n) is 14.5. The van der Waals surface area contributed by atoms with E-state index in [4.69, 9.17) is 70.7 Å². The number of methoxy groups -OCH3 is 1. The molecular weight excluding hydrogens is 1380 g/mol. The number of ether oxygens (including phenoxy) is 14. The zero-order valence-corrected chi connectivity index (χ0v) is 62.9. The third-order valence-electron chi connectivity index (χ3n) is 20.0. The fourth-order valence-corrected chi connectivity index (χ4v) is 19.1. The summed E-state index contributed by atoms with van der Waals surface area (Å²) in [7, 11) is -1.77. The van der Waals surface area contributed by atoms with Crippen molar-refractivity contribution in [2.24, 2.45) is 0 Å². The standard InChI is InChI=1S/C91H100O16Si/c1-91(2,3)108(74-51-31-13-32-52-74,75-53-33-14-34-54-75)104-65-78-82(96-57-68-39-19-7-20-40-68)85(99-60-71-45-25-10-26-46-71)87(101-62-73-49-29-12-30-50-73)90(107-78)103-64-77-81(95-56-67-37-17-6-18-38-67)84(98-59-70-43-23-9-24-44-70)86(100-61-72-47-27-11-28-48-72)89(106-77)102-63-76-80(94-55-66-35-15-5-16-36-66)83(79(92)88(93-4)105-76)97-58-69-41-21-8-22-42-69/h5-54,76-90,92H,55-65H2,1-4H3/t76-,77-,78-,79-,80-,81-,82-,83-,84+,85+,86-,87-,88+,89?,90?/m1/s1. The van der Waals surface area contributed by atoms with Gasteiger partial charge in [-0.2, -0.15) is 0 Å². The first-order chi connectivity index (χ1) is 53.1. The van der Waals surface area contributed by atoms with Gasteiger partial charge in [-0.15, -0.1) is 0 Å². The molecule has 0 saturated carbocycles. The number of aliphatic hydroxyl groups is 1. The molecule has 108 heavy (non-hydrogen) atoms. The lowest BCUT2D eigenvalue weighted by molar-refractivity contribution is -0.360.